The highest BCUT2D eigenvalue weighted by atomic mass is 15.1. The van der Waals surface area contributed by atoms with E-state index in [2.05, 4.69) is 51.4 Å². The Labute approximate surface area is 145 Å². The van der Waals surface area contributed by atoms with Gasteiger partial charge in [0.2, 0.25) is 0 Å². The zero-order valence-electron chi connectivity index (χ0n) is 14.9. The highest BCUT2D eigenvalue weighted by Crippen LogP contribution is 2.28. The molecule has 3 heterocycles. The number of piperazine rings is 1. The van der Waals surface area contributed by atoms with Gasteiger partial charge >= 0.3 is 0 Å². The molecule has 1 atom stereocenters. The quantitative estimate of drug-likeness (QED) is 0.904. The number of hydrogen-bond donors (Lipinski definition) is 2. The number of likely N-dealkylation sites (tertiary alicyclic amines) is 1. The van der Waals surface area contributed by atoms with Gasteiger partial charge in [0.1, 0.15) is 0 Å². The molecule has 1 unspecified atom stereocenters. The normalized spacial score (nSPS) is 23.0. The third-order valence-electron chi connectivity index (χ3n) is 5.74. The van der Waals surface area contributed by atoms with E-state index < -0.39 is 0 Å². The third kappa shape index (κ3) is 3.23. The first-order valence-electron chi connectivity index (χ1n) is 9.54. The van der Waals surface area contributed by atoms with Crippen LogP contribution in [0.2, 0.25) is 0 Å². The van der Waals surface area contributed by atoms with Gasteiger partial charge in [0.05, 0.1) is 0 Å². The molecule has 2 aliphatic rings. The molecule has 0 radical (unpaired) electrons. The lowest BCUT2D eigenvalue weighted by atomic mass is 10.0. The molecule has 0 saturated carbocycles. The summed E-state index contributed by atoms with van der Waals surface area (Å²) in [4.78, 5) is 2.65. The van der Waals surface area contributed by atoms with Crippen molar-refractivity contribution < 1.29 is 0 Å². The fourth-order valence-electron chi connectivity index (χ4n) is 4.39. The molecule has 1 aromatic carbocycles. The monoisotopic (exact) mass is 326 g/mol. The van der Waals surface area contributed by atoms with E-state index in [0.29, 0.717) is 6.04 Å². The standard InChI is InChI=1S/C20H30N4/c1-23-19-8-4-3-7-17(19)18(15-24-11-5-2-6-12-24)20(23)13-16-14-21-9-10-22-16/h3-4,7-8,16,21-22H,2,5-6,9-15H2,1H3. The van der Waals surface area contributed by atoms with Gasteiger partial charge in [-0.15, -0.1) is 0 Å². The molecule has 2 saturated heterocycles. The predicted molar refractivity (Wildman–Crippen MR) is 100 cm³/mol. The summed E-state index contributed by atoms with van der Waals surface area (Å²) in [5.74, 6) is 0. The molecule has 0 amide bonds. The zero-order valence-corrected chi connectivity index (χ0v) is 14.9. The van der Waals surface area contributed by atoms with Gasteiger partial charge in [0.25, 0.3) is 0 Å². The molecule has 0 spiro atoms. The Morgan fingerprint density at radius 1 is 1.08 bits per heavy atom. The van der Waals surface area contributed by atoms with E-state index in [-0.39, 0.29) is 0 Å². The second kappa shape index (κ2) is 7.26. The van der Waals surface area contributed by atoms with Crippen molar-refractivity contribution >= 4 is 10.9 Å². The van der Waals surface area contributed by atoms with E-state index in [1.54, 1.807) is 5.56 Å². The van der Waals surface area contributed by atoms with Crippen LogP contribution in [0.15, 0.2) is 24.3 Å². The van der Waals surface area contributed by atoms with Crippen molar-refractivity contribution in [2.24, 2.45) is 7.05 Å². The summed E-state index contributed by atoms with van der Waals surface area (Å²) >= 11 is 0. The van der Waals surface area contributed by atoms with Crippen LogP contribution in [-0.2, 0) is 20.0 Å². The van der Waals surface area contributed by atoms with Crippen molar-refractivity contribution in [3.05, 3.63) is 35.5 Å². The third-order valence-corrected chi connectivity index (χ3v) is 5.74. The van der Waals surface area contributed by atoms with Crippen LogP contribution in [0.5, 0.6) is 0 Å². The van der Waals surface area contributed by atoms with Gasteiger partial charge in [-0.2, -0.15) is 0 Å². The number of aromatic nitrogens is 1. The average molecular weight is 326 g/mol. The Morgan fingerprint density at radius 2 is 1.92 bits per heavy atom. The minimum absolute atomic E-state index is 0.543. The Balaban J connectivity index is 1.66. The summed E-state index contributed by atoms with van der Waals surface area (Å²) in [6.07, 6.45) is 5.22. The molecule has 2 N–H and O–H groups in total. The molecule has 0 bridgehead atoms. The SMILES string of the molecule is Cn1c(CC2CNCCN2)c(CN2CCCCC2)c2ccccc21. The summed E-state index contributed by atoms with van der Waals surface area (Å²) in [6, 6.07) is 9.47. The number of hydrogen-bond acceptors (Lipinski definition) is 3. The van der Waals surface area contributed by atoms with Crippen LogP contribution in [0.4, 0.5) is 0 Å². The summed E-state index contributed by atoms with van der Waals surface area (Å²) < 4.78 is 2.44. The van der Waals surface area contributed by atoms with E-state index in [4.69, 9.17) is 0 Å². The van der Waals surface area contributed by atoms with Crippen molar-refractivity contribution in [1.29, 1.82) is 0 Å². The molecule has 4 heteroatoms. The van der Waals surface area contributed by atoms with Gasteiger partial charge in [-0.05, 0) is 37.6 Å². The molecule has 24 heavy (non-hydrogen) atoms. The summed E-state index contributed by atoms with van der Waals surface area (Å²) in [7, 11) is 2.24. The van der Waals surface area contributed by atoms with Crippen LogP contribution >= 0.6 is 0 Å². The van der Waals surface area contributed by atoms with E-state index in [1.807, 2.05) is 0 Å². The van der Waals surface area contributed by atoms with Gasteiger partial charge in [-0.1, -0.05) is 24.6 Å². The lowest BCUT2D eigenvalue weighted by molar-refractivity contribution is 0.220. The lowest BCUT2D eigenvalue weighted by Gasteiger charge is -2.28. The van der Waals surface area contributed by atoms with Crippen LogP contribution in [0, 0.1) is 0 Å². The molecule has 2 fully saturated rings. The number of piperidine rings is 1. The number of nitrogens with one attached hydrogen (secondary N) is 2. The molecule has 130 valence electrons. The van der Waals surface area contributed by atoms with E-state index in [1.165, 1.54) is 48.9 Å². The second-order valence-electron chi connectivity index (χ2n) is 7.40. The van der Waals surface area contributed by atoms with Gasteiger partial charge in [0, 0.05) is 62.3 Å². The number of rotatable bonds is 4. The minimum atomic E-state index is 0.543. The largest absolute Gasteiger partial charge is 0.347 e. The fourth-order valence-corrected chi connectivity index (χ4v) is 4.39. The minimum Gasteiger partial charge on any atom is -0.347 e. The predicted octanol–water partition coefficient (Wildman–Crippen LogP) is 2.27. The summed E-state index contributed by atoms with van der Waals surface area (Å²) in [5, 5.41) is 8.66. The van der Waals surface area contributed by atoms with Crippen LogP contribution in [0.3, 0.4) is 0 Å². The Bertz CT molecular complexity index is 678. The molecular formula is C20H30N4. The first kappa shape index (κ1) is 16.1. The number of para-hydroxylation sites is 1. The van der Waals surface area contributed by atoms with Gasteiger partial charge in [-0.3, -0.25) is 4.90 Å². The van der Waals surface area contributed by atoms with Crippen molar-refractivity contribution in [2.75, 3.05) is 32.7 Å². The average Bonchev–Trinajstić information content (AvgIpc) is 2.90. The summed E-state index contributed by atoms with van der Waals surface area (Å²) in [6.45, 7) is 6.86. The van der Waals surface area contributed by atoms with Crippen LogP contribution in [0.1, 0.15) is 30.5 Å². The molecule has 1 aromatic heterocycles. The van der Waals surface area contributed by atoms with Crippen molar-refractivity contribution in [3.63, 3.8) is 0 Å². The van der Waals surface area contributed by atoms with E-state index >= 15 is 0 Å². The zero-order chi connectivity index (χ0) is 16.4. The Kier molecular flexibility index (Phi) is 4.88. The highest BCUT2D eigenvalue weighted by Gasteiger charge is 2.22. The molecule has 4 nitrogen and oxygen atoms in total. The van der Waals surface area contributed by atoms with Crippen LogP contribution < -0.4 is 10.6 Å². The van der Waals surface area contributed by atoms with Crippen molar-refractivity contribution in [2.45, 2.75) is 38.3 Å². The number of nitrogens with zero attached hydrogens (tertiary/aromatic N) is 2. The Morgan fingerprint density at radius 3 is 2.71 bits per heavy atom. The smallest absolute Gasteiger partial charge is 0.0483 e. The maximum Gasteiger partial charge on any atom is 0.0483 e. The number of fused-ring (bicyclic) bond motifs is 1. The molecular weight excluding hydrogens is 296 g/mol. The lowest BCUT2D eigenvalue weighted by Crippen LogP contribution is -2.49. The molecule has 2 aromatic rings. The van der Waals surface area contributed by atoms with Gasteiger partial charge < -0.3 is 15.2 Å². The van der Waals surface area contributed by atoms with E-state index in [0.717, 1.165) is 32.6 Å². The molecule has 2 aliphatic heterocycles. The Hall–Kier alpha value is -1.36. The maximum atomic E-state index is 3.68. The first-order valence-corrected chi connectivity index (χ1v) is 9.54. The van der Waals surface area contributed by atoms with Gasteiger partial charge in [0.15, 0.2) is 0 Å². The van der Waals surface area contributed by atoms with Gasteiger partial charge in [-0.25, -0.2) is 0 Å². The second-order valence-corrected chi connectivity index (χ2v) is 7.40. The number of benzene rings is 1. The first-order chi connectivity index (χ1) is 11.8. The van der Waals surface area contributed by atoms with Crippen LogP contribution in [-0.4, -0.2) is 48.2 Å². The number of aryl methyl sites for hydroxylation is 1. The van der Waals surface area contributed by atoms with Crippen LogP contribution in [0.25, 0.3) is 10.9 Å². The van der Waals surface area contributed by atoms with Crippen molar-refractivity contribution in [3.8, 4) is 0 Å². The summed E-state index contributed by atoms with van der Waals surface area (Å²) in [5.41, 5.74) is 4.45. The molecule has 4 rings (SSSR count). The van der Waals surface area contributed by atoms with Crippen molar-refractivity contribution in [1.82, 2.24) is 20.1 Å². The fraction of sp³-hybridized carbons (Fsp3) is 0.600. The highest BCUT2D eigenvalue weighted by molar-refractivity contribution is 5.85. The van der Waals surface area contributed by atoms with E-state index in [9.17, 15) is 0 Å². The topological polar surface area (TPSA) is 32.2 Å². The maximum absolute atomic E-state index is 3.68. The molecule has 0 aliphatic carbocycles.